The number of rotatable bonds is 5. The fourth-order valence-corrected chi connectivity index (χ4v) is 3.79. The molecular formula is C11H9N5OS3. The fraction of sp³-hybridized carbons (Fsp3) is 0.0909. The lowest BCUT2D eigenvalue weighted by Gasteiger charge is -1.92. The molecule has 1 amide bonds. The predicted molar refractivity (Wildman–Crippen MR) is 81.0 cm³/mol. The molecule has 0 aromatic carbocycles. The van der Waals surface area contributed by atoms with Gasteiger partial charge in [0.1, 0.15) is 11.6 Å². The van der Waals surface area contributed by atoms with Crippen LogP contribution in [0.25, 0.3) is 6.08 Å². The second kappa shape index (κ2) is 6.51. The highest BCUT2D eigenvalue weighted by molar-refractivity contribution is 8.00. The third-order valence-electron chi connectivity index (χ3n) is 2.13. The van der Waals surface area contributed by atoms with E-state index in [0.29, 0.717) is 5.13 Å². The maximum atomic E-state index is 11.0. The molecule has 0 unspecified atom stereocenters. The molecule has 0 radical (unpaired) electrons. The molecule has 0 saturated carbocycles. The van der Waals surface area contributed by atoms with Gasteiger partial charge in [-0.15, -0.1) is 21.5 Å². The molecule has 102 valence electrons. The number of thioether (sulfide) groups is 1. The molecule has 9 heteroatoms. The topological polar surface area (TPSA) is 119 Å². The number of nitriles is 1. The number of carbonyl (C=O) groups is 1. The number of nitrogen functional groups attached to an aromatic ring is 1. The van der Waals surface area contributed by atoms with Crippen molar-refractivity contribution in [2.75, 3.05) is 5.73 Å². The smallest absolute Gasteiger partial charge is 0.259 e. The average Bonchev–Trinajstić information content (AvgIpc) is 3.02. The number of aromatic nitrogens is 2. The molecule has 2 rings (SSSR count). The summed E-state index contributed by atoms with van der Waals surface area (Å²) in [5.41, 5.74) is 11.6. The van der Waals surface area contributed by atoms with E-state index in [2.05, 4.69) is 10.2 Å². The highest BCUT2D eigenvalue weighted by Gasteiger charge is 2.07. The number of amides is 1. The van der Waals surface area contributed by atoms with Crippen LogP contribution in [0.5, 0.6) is 0 Å². The lowest BCUT2D eigenvalue weighted by Crippen LogP contribution is -2.12. The van der Waals surface area contributed by atoms with Crippen molar-refractivity contribution < 1.29 is 4.79 Å². The Morgan fingerprint density at radius 1 is 1.55 bits per heavy atom. The van der Waals surface area contributed by atoms with Crippen molar-refractivity contribution >= 4 is 51.6 Å². The van der Waals surface area contributed by atoms with Crippen LogP contribution in [0.15, 0.2) is 21.4 Å². The van der Waals surface area contributed by atoms with Crippen molar-refractivity contribution in [3.63, 3.8) is 0 Å². The second-order valence-electron chi connectivity index (χ2n) is 3.59. The van der Waals surface area contributed by atoms with Crippen LogP contribution in [-0.2, 0) is 10.5 Å². The van der Waals surface area contributed by atoms with Crippen LogP contribution in [-0.4, -0.2) is 16.1 Å². The number of thiophene rings is 1. The van der Waals surface area contributed by atoms with Crippen molar-refractivity contribution in [1.82, 2.24) is 10.2 Å². The Morgan fingerprint density at radius 3 is 2.95 bits per heavy atom. The molecule has 0 atom stereocenters. The molecule has 0 aliphatic heterocycles. The summed E-state index contributed by atoms with van der Waals surface area (Å²) >= 11 is 4.32. The van der Waals surface area contributed by atoms with Crippen molar-refractivity contribution in [1.29, 1.82) is 5.26 Å². The summed E-state index contributed by atoms with van der Waals surface area (Å²) in [6.07, 6.45) is 1.49. The summed E-state index contributed by atoms with van der Waals surface area (Å²) in [6.45, 7) is 0. The van der Waals surface area contributed by atoms with Crippen molar-refractivity contribution in [2.24, 2.45) is 5.73 Å². The molecular weight excluding hydrogens is 314 g/mol. The maximum Gasteiger partial charge on any atom is 0.259 e. The minimum absolute atomic E-state index is 0.0528. The molecule has 2 heterocycles. The van der Waals surface area contributed by atoms with E-state index in [1.807, 2.05) is 11.4 Å². The monoisotopic (exact) mass is 323 g/mol. The Morgan fingerprint density at radius 2 is 2.35 bits per heavy atom. The number of carbonyl (C=O) groups excluding carboxylic acids is 1. The summed E-state index contributed by atoms with van der Waals surface area (Å²) in [4.78, 5) is 11.8. The molecule has 4 N–H and O–H groups in total. The minimum Gasteiger partial charge on any atom is -0.374 e. The third kappa shape index (κ3) is 3.80. The van der Waals surface area contributed by atoms with E-state index in [1.54, 1.807) is 6.07 Å². The Hall–Kier alpha value is -1.89. The van der Waals surface area contributed by atoms with Crippen LogP contribution in [0, 0.1) is 11.3 Å². The maximum absolute atomic E-state index is 11.0. The first-order valence-corrected chi connectivity index (χ1v) is 7.97. The van der Waals surface area contributed by atoms with Crippen LogP contribution >= 0.6 is 34.4 Å². The van der Waals surface area contributed by atoms with Gasteiger partial charge in [-0.2, -0.15) is 5.26 Å². The third-order valence-corrected chi connectivity index (χ3v) is 5.02. The van der Waals surface area contributed by atoms with Gasteiger partial charge in [0.25, 0.3) is 5.91 Å². The van der Waals surface area contributed by atoms with Gasteiger partial charge in [0.05, 0.1) is 0 Å². The molecule has 0 saturated heterocycles. The first-order valence-electron chi connectivity index (χ1n) is 5.29. The Labute approximate surface area is 127 Å². The predicted octanol–water partition coefficient (Wildman–Crippen LogP) is 1.87. The molecule has 0 spiro atoms. The van der Waals surface area contributed by atoms with Crippen molar-refractivity contribution in [3.05, 3.63) is 27.5 Å². The highest BCUT2D eigenvalue weighted by atomic mass is 32.2. The second-order valence-corrected chi connectivity index (χ2v) is 6.76. The summed E-state index contributed by atoms with van der Waals surface area (Å²) < 4.78 is 0.806. The molecule has 0 aliphatic rings. The van der Waals surface area contributed by atoms with Crippen LogP contribution < -0.4 is 11.5 Å². The van der Waals surface area contributed by atoms with E-state index < -0.39 is 5.91 Å². The summed E-state index contributed by atoms with van der Waals surface area (Å²) in [7, 11) is 0. The van der Waals surface area contributed by atoms with E-state index in [0.717, 1.165) is 20.5 Å². The summed E-state index contributed by atoms with van der Waals surface area (Å²) in [5.74, 6) is -0.00147. The molecule has 2 aromatic rings. The number of nitrogens with zero attached hydrogens (tertiary/aromatic N) is 3. The first kappa shape index (κ1) is 14.5. The van der Waals surface area contributed by atoms with E-state index in [4.69, 9.17) is 16.7 Å². The van der Waals surface area contributed by atoms with Gasteiger partial charge in [-0.05, 0) is 23.1 Å². The van der Waals surface area contributed by atoms with Gasteiger partial charge in [-0.3, -0.25) is 4.79 Å². The first-order chi connectivity index (χ1) is 9.58. The van der Waals surface area contributed by atoms with Gasteiger partial charge < -0.3 is 11.5 Å². The minimum atomic E-state index is -0.721. The zero-order valence-electron chi connectivity index (χ0n) is 10.1. The summed E-state index contributed by atoms with van der Waals surface area (Å²) in [6, 6.07) is 3.68. The number of primary amides is 1. The van der Waals surface area contributed by atoms with E-state index in [9.17, 15) is 4.79 Å². The standard InChI is InChI=1S/C11H9N5OS3/c12-3-7(9(13)17)2-8-1-6(4-18-8)5-19-11-16-15-10(14)20-11/h1-2,4H,5H2,(H2,13,17)(H2,14,15)/b7-2-. The van der Waals surface area contributed by atoms with E-state index in [1.165, 1.54) is 40.5 Å². The summed E-state index contributed by atoms with van der Waals surface area (Å²) in [5, 5.41) is 18.8. The van der Waals surface area contributed by atoms with Gasteiger partial charge in [0.2, 0.25) is 5.13 Å². The van der Waals surface area contributed by atoms with Gasteiger partial charge in [0.15, 0.2) is 4.34 Å². The van der Waals surface area contributed by atoms with Gasteiger partial charge in [0, 0.05) is 10.6 Å². The number of hydrogen-bond acceptors (Lipinski definition) is 8. The normalized spacial score (nSPS) is 11.2. The van der Waals surface area contributed by atoms with Gasteiger partial charge >= 0.3 is 0 Å². The van der Waals surface area contributed by atoms with E-state index >= 15 is 0 Å². The Bertz CT molecular complexity index is 697. The van der Waals surface area contributed by atoms with Gasteiger partial charge in [-0.25, -0.2) is 0 Å². The van der Waals surface area contributed by atoms with E-state index in [-0.39, 0.29) is 5.57 Å². The highest BCUT2D eigenvalue weighted by Crippen LogP contribution is 2.29. The Balaban J connectivity index is 2.02. The molecule has 2 aromatic heterocycles. The van der Waals surface area contributed by atoms with Crippen LogP contribution in [0.4, 0.5) is 5.13 Å². The SMILES string of the molecule is N#C/C(=C/c1cc(CSc2nnc(N)s2)cs1)C(N)=O. The van der Waals surface area contributed by atoms with Crippen LogP contribution in [0.3, 0.4) is 0 Å². The largest absolute Gasteiger partial charge is 0.374 e. The Kier molecular flexibility index (Phi) is 4.73. The zero-order valence-corrected chi connectivity index (χ0v) is 12.5. The molecule has 20 heavy (non-hydrogen) atoms. The molecule has 6 nitrogen and oxygen atoms in total. The van der Waals surface area contributed by atoms with Crippen molar-refractivity contribution in [2.45, 2.75) is 10.1 Å². The number of anilines is 1. The lowest BCUT2D eigenvalue weighted by molar-refractivity contribution is -0.114. The molecule has 0 fully saturated rings. The van der Waals surface area contributed by atoms with Crippen LogP contribution in [0.1, 0.15) is 10.4 Å². The quantitative estimate of drug-likeness (QED) is 0.492. The number of hydrogen-bond donors (Lipinski definition) is 2. The van der Waals surface area contributed by atoms with Gasteiger partial charge in [-0.1, -0.05) is 23.1 Å². The number of nitrogens with two attached hydrogens (primary N) is 2. The van der Waals surface area contributed by atoms with Crippen molar-refractivity contribution in [3.8, 4) is 6.07 Å². The zero-order chi connectivity index (χ0) is 14.5. The van der Waals surface area contributed by atoms with Crippen LogP contribution in [0.2, 0.25) is 0 Å². The lowest BCUT2D eigenvalue weighted by atomic mass is 10.2. The molecule has 0 aliphatic carbocycles. The molecule has 0 bridgehead atoms. The fourth-order valence-electron chi connectivity index (χ4n) is 1.27. The average molecular weight is 323 g/mol.